The summed E-state index contributed by atoms with van der Waals surface area (Å²) < 4.78 is 0. The van der Waals surface area contributed by atoms with Crippen LogP contribution in [0.3, 0.4) is 0 Å². The second kappa shape index (κ2) is 5.92. The lowest BCUT2D eigenvalue weighted by molar-refractivity contribution is 0.0697. The number of aromatic carboxylic acids is 1. The van der Waals surface area contributed by atoms with Crippen molar-refractivity contribution >= 4 is 12.0 Å². The third-order valence-corrected chi connectivity index (χ3v) is 2.13. The highest BCUT2D eigenvalue weighted by atomic mass is 16.4. The first-order chi connectivity index (χ1) is 7.65. The summed E-state index contributed by atoms with van der Waals surface area (Å²) in [6, 6.07) is 4.22. The Labute approximate surface area is 94.2 Å². The molecule has 1 aromatic rings. The molecule has 0 aromatic heterocycles. The normalized spacial score (nSPS) is 10.8. The molecule has 0 aliphatic rings. The largest absolute Gasteiger partial charge is 0.507 e. The molecular weight excluding hydrogens is 206 g/mol. The van der Waals surface area contributed by atoms with E-state index in [0.29, 0.717) is 5.56 Å². The molecule has 0 atom stereocenters. The van der Waals surface area contributed by atoms with Gasteiger partial charge in [-0.3, -0.25) is 0 Å². The van der Waals surface area contributed by atoms with E-state index in [4.69, 9.17) is 5.11 Å². The van der Waals surface area contributed by atoms with Gasteiger partial charge in [0.05, 0.1) is 5.56 Å². The summed E-state index contributed by atoms with van der Waals surface area (Å²) in [6.07, 6.45) is 4.43. The Balaban J connectivity index is 2.82. The molecular formula is C12H15NO3. The summed E-state index contributed by atoms with van der Waals surface area (Å²) in [4.78, 5) is 10.7. The van der Waals surface area contributed by atoms with Gasteiger partial charge in [-0.2, -0.15) is 0 Å². The molecule has 0 saturated heterocycles. The van der Waals surface area contributed by atoms with Crippen molar-refractivity contribution in [3.8, 4) is 5.75 Å². The highest BCUT2D eigenvalue weighted by Gasteiger charge is 2.05. The summed E-state index contributed by atoms with van der Waals surface area (Å²) >= 11 is 0. The molecule has 0 amide bonds. The van der Waals surface area contributed by atoms with Gasteiger partial charge in [-0.15, -0.1) is 0 Å². The molecule has 1 aromatic carbocycles. The van der Waals surface area contributed by atoms with Crippen LogP contribution in [0, 0.1) is 0 Å². The number of rotatable bonds is 5. The number of carboxylic acid groups (broad SMARTS) is 1. The second-order valence-corrected chi connectivity index (χ2v) is 3.37. The molecule has 86 valence electrons. The summed E-state index contributed by atoms with van der Waals surface area (Å²) in [5, 5.41) is 21.3. The van der Waals surface area contributed by atoms with Gasteiger partial charge in [-0.1, -0.05) is 12.2 Å². The van der Waals surface area contributed by atoms with Crippen molar-refractivity contribution < 1.29 is 15.0 Å². The van der Waals surface area contributed by atoms with Gasteiger partial charge in [0.2, 0.25) is 0 Å². The first kappa shape index (κ1) is 12.3. The van der Waals surface area contributed by atoms with Crippen molar-refractivity contribution in [2.45, 2.75) is 6.42 Å². The number of aromatic hydroxyl groups is 1. The lowest BCUT2D eigenvalue weighted by Crippen LogP contribution is -2.05. The molecule has 0 aliphatic carbocycles. The lowest BCUT2D eigenvalue weighted by Gasteiger charge is -2.01. The average Bonchev–Trinajstić information content (AvgIpc) is 2.26. The van der Waals surface area contributed by atoms with Crippen molar-refractivity contribution in [2.75, 3.05) is 13.6 Å². The predicted molar refractivity (Wildman–Crippen MR) is 62.6 cm³/mol. The van der Waals surface area contributed by atoms with Gasteiger partial charge >= 0.3 is 5.97 Å². The molecule has 4 nitrogen and oxygen atoms in total. The van der Waals surface area contributed by atoms with Gasteiger partial charge in [-0.25, -0.2) is 4.79 Å². The number of phenolic OH excluding ortho intramolecular Hbond substituents is 1. The van der Waals surface area contributed by atoms with Crippen LogP contribution in [0.15, 0.2) is 24.3 Å². The Morgan fingerprint density at radius 2 is 2.25 bits per heavy atom. The van der Waals surface area contributed by atoms with E-state index in [1.54, 1.807) is 6.08 Å². The minimum Gasteiger partial charge on any atom is -0.507 e. The molecule has 0 saturated carbocycles. The van der Waals surface area contributed by atoms with E-state index in [1.165, 1.54) is 18.2 Å². The standard InChI is InChI=1S/C12H15NO3/c1-13-7-3-2-4-9-8-10(12(15)16)5-6-11(9)14/h2,4-6,8,13-14H,3,7H2,1H3,(H,15,16). The highest BCUT2D eigenvalue weighted by molar-refractivity contribution is 5.88. The molecule has 0 bridgehead atoms. The Hall–Kier alpha value is -1.81. The van der Waals surface area contributed by atoms with Crippen molar-refractivity contribution in [2.24, 2.45) is 0 Å². The Kier molecular flexibility index (Phi) is 4.54. The van der Waals surface area contributed by atoms with Gasteiger partial charge in [0, 0.05) is 5.56 Å². The highest BCUT2D eigenvalue weighted by Crippen LogP contribution is 2.20. The summed E-state index contributed by atoms with van der Waals surface area (Å²) in [6.45, 7) is 0.843. The molecule has 0 aliphatic heterocycles. The fourth-order valence-electron chi connectivity index (χ4n) is 1.26. The fraction of sp³-hybridized carbons (Fsp3) is 0.250. The smallest absolute Gasteiger partial charge is 0.335 e. The number of phenols is 1. The van der Waals surface area contributed by atoms with Crippen molar-refractivity contribution in [3.63, 3.8) is 0 Å². The molecule has 4 heteroatoms. The zero-order valence-electron chi connectivity index (χ0n) is 9.10. The SMILES string of the molecule is CNCCC=Cc1cc(C(=O)O)ccc1O. The van der Waals surface area contributed by atoms with Gasteiger partial charge in [0.15, 0.2) is 0 Å². The van der Waals surface area contributed by atoms with Crippen LogP contribution in [0.4, 0.5) is 0 Å². The van der Waals surface area contributed by atoms with Crippen molar-refractivity contribution in [1.29, 1.82) is 0 Å². The maximum Gasteiger partial charge on any atom is 0.335 e. The molecule has 3 N–H and O–H groups in total. The van der Waals surface area contributed by atoms with E-state index in [-0.39, 0.29) is 11.3 Å². The van der Waals surface area contributed by atoms with E-state index in [9.17, 15) is 9.90 Å². The molecule has 0 radical (unpaired) electrons. The zero-order valence-corrected chi connectivity index (χ0v) is 9.10. The van der Waals surface area contributed by atoms with Gasteiger partial charge < -0.3 is 15.5 Å². The Bertz CT molecular complexity index is 399. The fourth-order valence-corrected chi connectivity index (χ4v) is 1.26. The van der Waals surface area contributed by atoms with Crippen molar-refractivity contribution in [1.82, 2.24) is 5.32 Å². The molecule has 0 heterocycles. The van der Waals surface area contributed by atoms with E-state index in [0.717, 1.165) is 13.0 Å². The Morgan fingerprint density at radius 1 is 1.50 bits per heavy atom. The van der Waals surface area contributed by atoms with Crippen LogP contribution in [0.1, 0.15) is 22.3 Å². The molecule has 0 spiro atoms. The van der Waals surface area contributed by atoms with Crippen LogP contribution >= 0.6 is 0 Å². The van der Waals surface area contributed by atoms with Gasteiger partial charge in [0.25, 0.3) is 0 Å². The van der Waals surface area contributed by atoms with Crippen LogP contribution in [0.5, 0.6) is 5.75 Å². The summed E-state index contributed by atoms with van der Waals surface area (Å²) in [7, 11) is 1.86. The molecule has 0 fully saturated rings. The molecule has 1 rings (SSSR count). The minimum atomic E-state index is -0.995. The van der Waals surface area contributed by atoms with E-state index in [2.05, 4.69) is 5.32 Å². The quantitative estimate of drug-likeness (QED) is 0.662. The molecule has 16 heavy (non-hydrogen) atoms. The topological polar surface area (TPSA) is 69.6 Å². The van der Waals surface area contributed by atoms with Gasteiger partial charge in [0.1, 0.15) is 5.75 Å². The molecule has 0 unspecified atom stereocenters. The van der Waals surface area contributed by atoms with Crippen LogP contribution in [-0.2, 0) is 0 Å². The van der Waals surface area contributed by atoms with Gasteiger partial charge in [-0.05, 0) is 38.2 Å². The van der Waals surface area contributed by atoms with E-state index < -0.39 is 5.97 Å². The number of carboxylic acids is 1. The number of hydrogen-bond donors (Lipinski definition) is 3. The number of benzene rings is 1. The van der Waals surface area contributed by atoms with Crippen LogP contribution in [0.2, 0.25) is 0 Å². The summed E-state index contributed by atoms with van der Waals surface area (Å²) in [5.41, 5.74) is 0.696. The van der Waals surface area contributed by atoms with Crippen LogP contribution in [-0.4, -0.2) is 29.8 Å². The Morgan fingerprint density at radius 3 is 2.88 bits per heavy atom. The second-order valence-electron chi connectivity index (χ2n) is 3.37. The van der Waals surface area contributed by atoms with E-state index in [1.807, 2.05) is 13.1 Å². The number of hydrogen-bond acceptors (Lipinski definition) is 3. The summed E-state index contributed by atoms with van der Waals surface area (Å²) in [5.74, 6) is -0.907. The van der Waals surface area contributed by atoms with Crippen molar-refractivity contribution in [3.05, 3.63) is 35.4 Å². The third-order valence-electron chi connectivity index (χ3n) is 2.13. The zero-order chi connectivity index (χ0) is 12.0. The predicted octanol–water partition coefficient (Wildman–Crippen LogP) is 1.71. The first-order valence-electron chi connectivity index (χ1n) is 5.02. The average molecular weight is 221 g/mol. The first-order valence-corrected chi connectivity index (χ1v) is 5.02. The maximum absolute atomic E-state index is 10.7. The number of nitrogens with one attached hydrogen (secondary N) is 1. The van der Waals surface area contributed by atoms with Crippen LogP contribution in [0.25, 0.3) is 6.08 Å². The van der Waals surface area contributed by atoms with Crippen LogP contribution < -0.4 is 5.32 Å². The number of carbonyl (C=O) groups is 1. The van der Waals surface area contributed by atoms with E-state index >= 15 is 0 Å². The monoisotopic (exact) mass is 221 g/mol. The third kappa shape index (κ3) is 3.40. The lowest BCUT2D eigenvalue weighted by atomic mass is 10.1. The minimum absolute atomic E-state index is 0.0886. The maximum atomic E-state index is 10.7.